The minimum Gasteiger partial charge on any atom is -0.355 e. The highest BCUT2D eigenvalue weighted by molar-refractivity contribution is 7.07. The van der Waals surface area contributed by atoms with E-state index in [0.29, 0.717) is 24.9 Å². The molecule has 1 aliphatic rings. The summed E-state index contributed by atoms with van der Waals surface area (Å²) in [6, 6.07) is 5.25. The molecule has 122 valence electrons. The first-order valence-corrected chi connectivity index (χ1v) is 8.21. The molecule has 7 heteroatoms. The molecule has 1 aromatic carbocycles. The summed E-state index contributed by atoms with van der Waals surface area (Å²) in [5.74, 6) is -0.437. The second-order valence-electron chi connectivity index (χ2n) is 5.59. The third-order valence-corrected chi connectivity index (χ3v) is 4.57. The van der Waals surface area contributed by atoms with Crippen LogP contribution in [0.3, 0.4) is 0 Å². The molecule has 1 fully saturated rings. The Bertz CT molecular complexity index is 685. The average molecular weight is 340 g/mol. The molecule has 1 saturated carbocycles. The van der Waals surface area contributed by atoms with Gasteiger partial charge in [-0.15, -0.1) is 11.3 Å². The molecule has 1 aromatic heterocycles. The Morgan fingerprint density at radius 2 is 2.22 bits per heavy atom. The molecule has 2 aromatic rings. The molecule has 1 aliphatic carbocycles. The van der Waals surface area contributed by atoms with Crippen LogP contribution in [0, 0.1) is 5.92 Å². The largest absolute Gasteiger partial charge is 0.416 e. The van der Waals surface area contributed by atoms with Crippen LogP contribution in [0.5, 0.6) is 0 Å². The van der Waals surface area contributed by atoms with Crippen LogP contribution >= 0.6 is 11.3 Å². The van der Waals surface area contributed by atoms with E-state index >= 15 is 0 Å². The number of carbonyl (C=O) groups excluding carboxylic acids is 1. The Kier molecular flexibility index (Phi) is 4.39. The molecule has 0 unspecified atom stereocenters. The zero-order chi connectivity index (χ0) is 16.4. The van der Waals surface area contributed by atoms with E-state index in [4.69, 9.17) is 0 Å². The number of amides is 1. The first kappa shape index (κ1) is 16.0. The van der Waals surface area contributed by atoms with Gasteiger partial charge in [-0.25, -0.2) is 4.98 Å². The van der Waals surface area contributed by atoms with Crippen molar-refractivity contribution in [3.8, 4) is 0 Å². The van der Waals surface area contributed by atoms with Gasteiger partial charge >= 0.3 is 6.18 Å². The Labute approximate surface area is 135 Å². The van der Waals surface area contributed by atoms with Crippen molar-refractivity contribution in [1.82, 2.24) is 10.3 Å². The Morgan fingerprint density at radius 3 is 2.91 bits per heavy atom. The lowest BCUT2D eigenvalue weighted by molar-refractivity contribution is -0.137. The fourth-order valence-electron chi connectivity index (χ4n) is 2.60. The zero-order valence-electron chi connectivity index (χ0n) is 12.1. The number of nitrogens with one attached hydrogen (secondary N) is 1. The maximum atomic E-state index is 12.7. The average Bonchev–Trinajstić information content (AvgIpc) is 3.16. The van der Waals surface area contributed by atoms with Crippen LogP contribution in [-0.2, 0) is 17.4 Å². The monoisotopic (exact) mass is 340 g/mol. The lowest BCUT2D eigenvalue weighted by atomic mass is 10.1. The fourth-order valence-corrected chi connectivity index (χ4v) is 3.20. The first-order valence-electron chi connectivity index (χ1n) is 7.27. The van der Waals surface area contributed by atoms with Crippen LogP contribution in [0.15, 0.2) is 35.2 Å². The molecule has 2 atom stereocenters. The van der Waals surface area contributed by atoms with Crippen molar-refractivity contribution < 1.29 is 18.0 Å². The molecule has 1 N–H and O–H groups in total. The summed E-state index contributed by atoms with van der Waals surface area (Å²) in [5, 5.41) is 4.76. The van der Waals surface area contributed by atoms with E-state index in [-0.39, 0.29) is 17.7 Å². The van der Waals surface area contributed by atoms with Crippen molar-refractivity contribution in [2.75, 3.05) is 6.54 Å². The summed E-state index contributed by atoms with van der Waals surface area (Å²) in [6.45, 7) is 0.494. The number of thiazole rings is 1. The maximum absolute atomic E-state index is 12.7. The number of carbonyl (C=O) groups is 1. The summed E-state index contributed by atoms with van der Waals surface area (Å²) in [5.41, 5.74) is 2.59. The smallest absolute Gasteiger partial charge is 0.355 e. The zero-order valence-corrected chi connectivity index (χ0v) is 13.0. The highest BCUT2D eigenvalue weighted by Crippen LogP contribution is 2.48. The molecule has 23 heavy (non-hydrogen) atoms. The van der Waals surface area contributed by atoms with Gasteiger partial charge in [0.2, 0.25) is 5.91 Å². The number of alkyl halides is 3. The molecule has 0 bridgehead atoms. The van der Waals surface area contributed by atoms with Gasteiger partial charge in [-0.3, -0.25) is 4.79 Å². The number of halogens is 3. The SMILES string of the molecule is O=C(NCCc1cscn1)[C@@H]1C[C@@H]1c1cccc(C(F)(F)F)c1. The number of aromatic nitrogens is 1. The number of hydrogen-bond acceptors (Lipinski definition) is 3. The van der Waals surface area contributed by atoms with E-state index in [2.05, 4.69) is 10.3 Å². The summed E-state index contributed by atoms with van der Waals surface area (Å²) >= 11 is 1.50. The third kappa shape index (κ3) is 3.90. The van der Waals surface area contributed by atoms with E-state index in [9.17, 15) is 18.0 Å². The van der Waals surface area contributed by atoms with Crippen molar-refractivity contribution in [3.63, 3.8) is 0 Å². The van der Waals surface area contributed by atoms with E-state index < -0.39 is 11.7 Å². The molecular formula is C16H15F3N2OS. The highest BCUT2D eigenvalue weighted by atomic mass is 32.1. The topological polar surface area (TPSA) is 42.0 Å². The molecule has 1 heterocycles. The van der Waals surface area contributed by atoms with Crippen molar-refractivity contribution in [2.24, 2.45) is 5.92 Å². The van der Waals surface area contributed by atoms with Gasteiger partial charge in [0.1, 0.15) is 0 Å². The van der Waals surface area contributed by atoms with Gasteiger partial charge in [-0.2, -0.15) is 13.2 Å². The van der Waals surface area contributed by atoms with Crippen LogP contribution in [0.2, 0.25) is 0 Å². The fraction of sp³-hybridized carbons (Fsp3) is 0.375. The van der Waals surface area contributed by atoms with Gasteiger partial charge in [-0.05, 0) is 24.0 Å². The minimum absolute atomic E-state index is 0.0948. The highest BCUT2D eigenvalue weighted by Gasteiger charge is 2.44. The first-order chi connectivity index (χ1) is 10.9. The van der Waals surface area contributed by atoms with Crippen molar-refractivity contribution in [2.45, 2.75) is 24.9 Å². The number of benzene rings is 1. The standard InChI is InChI=1S/C16H15F3N2OS/c17-16(18,19)11-3-1-2-10(6-11)13-7-14(13)15(22)20-5-4-12-8-23-9-21-12/h1-3,6,8-9,13-14H,4-5,7H2,(H,20,22)/t13-,14-/m1/s1. The van der Waals surface area contributed by atoms with Gasteiger partial charge in [-0.1, -0.05) is 18.2 Å². The van der Waals surface area contributed by atoms with Crippen molar-refractivity contribution >= 4 is 17.2 Å². The van der Waals surface area contributed by atoms with Crippen LogP contribution in [0.4, 0.5) is 13.2 Å². The molecule has 0 radical (unpaired) electrons. The van der Waals surface area contributed by atoms with Gasteiger partial charge in [0.05, 0.1) is 16.8 Å². The molecule has 3 rings (SSSR count). The Balaban J connectivity index is 1.53. The molecule has 1 amide bonds. The van der Waals surface area contributed by atoms with E-state index in [1.807, 2.05) is 5.38 Å². The number of rotatable bonds is 5. The molecule has 0 spiro atoms. The van der Waals surface area contributed by atoms with E-state index in [0.717, 1.165) is 17.8 Å². The summed E-state index contributed by atoms with van der Waals surface area (Å²) < 4.78 is 38.2. The Hall–Kier alpha value is -1.89. The molecular weight excluding hydrogens is 325 g/mol. The van der Waals surface area contributed by atoms with E-state index in [1.54, 1.807) is 11.6 Å². The molecule has 0 aliphatic heterocycles. The summed E-state index contributed by atoms with van der Waals surface area (Å²) in [7, 11) is 0. The lowest BCUT2D eigenvalue weighted by Gasteiger charge is -2.08. The van der Waals surface area contributed by atoms with E-state index in [1.165, 1.54) is 17.4 Å². The van der Waals surface area contributed by atoms with Gasteiger partial charge in [0.25, 0.3) is 0 Å². The van der Waals surface area contributed by atoms with Crippen LogP contribution in [-0.4, -0.2) is 17.4 Å². The summed E-state index contributed by atoms with van der Waals surface area (Å²) in [6.07, 6.45) is -3.09. The van der Waals surface area contributed by atoms with Gasteiger partial charge < -0.3 is 5.32 Å². The number of nitrogens with zero attached hydrogens (tertiary/aromatic N) is 1. The lowest BCUT2D eigenvalue weighted by Crippen LogP contribution is -2.27. The predicted molar refractivity (Wildman–Crippen MR) is 81.1 cm³/mol. The third-order valence-electron chi connectivity index (χ3n) is 3.93. The van der Waals surface area contributed by atoms with Crippen LogP contribution in [0.1, 0.15) is 29.2 Å². The minimum atomic E-state index is -4.35. The second kappa shape index (κ2) is 6.31. The summed E-state index contributed by atoms with van der Waals surface area (Å²) in [4.78, 5) is 16.2. The normalized spacial score (nSPS) is 20.3. The maximum Gasteiger partial charge on any atom is 0.416 e. The number of hydrogen-bond donors (Lipinski definition) is 1. The molecule has 0 saturated heterocycles. The van der Waals surface area contributed by atoms with Crippen LogP contribution < -0.4 is 5.32 Å². The van der Waals surface area contributed by atoms with Gasteiger partial charge in [0, 0.05) is 24.3 Å². The predicted octanol–water partition coefficient (Wildman–Crippen LogP) is 3.62. The second-order valence-corrected chi connectivity index (χ2v) is 6.31. The quantitative estimate of drug-likeness (QED) is 0.903. The van der Waals surface area contributed by atoms with Gasteiger partial charge in [0.15, 0.2) is 0 Å². The van der Waals surface area contributed by atoms with Crippen LogP contribution in [0.25, 0.3) is 0 Å². The van der Waals surface area contributed by atoms with Crippen molar-refractivity contribution in [1.29, 1.82) is 0 Å². The Morgan fingerprint density at radius 1 is 1.39 bits per heavy atom. The molecule has 3 nitrogen and oxygen atoms in total. The van der Waals surface area contributed by atoms with Crippen molar-refractivity contribution in [3.05, 3.63) is 52.0 Å².